The Kier molecular flexibility index (Phi) is 12.1. The maximum Gasteiger partial charge on any atom is 0.240 e. The largest absolute Gasteiger partial charge is 0.345 e. The molecule has 6 heteroatoms. The molecule has 0 spiro atoms. The van der Waals surface area contributed by atoms with E-state index in [1.807, 2.05) is 6.92 Å². The van der Waals surface area contributed by atoms with Gasteiger partial charge in [0.2, 0.25) is 11.8 Å². The zero-order valence-electron chi connectivity index (χ0n) is 17.7. The van der Waals surface area contributed by atoms with Gasteiger partial charge >= 0.3 is 0 Å². The fraction of sp³-hybridized carbons (Fsp3) is 0.850. The van der Waals surface area contributed by atoms with Crippen molar-refractivity contribution in [1.82, 2.24) is 15.5 Å². The first-order valence-electron chi connectivity index (χ1n) is 9.82. The number of amides is 2. The molecule has 0 saturated heterocycles. The van der Waals surface area contributed by atoms with E-state index in [4.69, 9.17) is 0 Å². The van der Waals surface area contributed by atoms with Crippen molar-refractivity contribution in [2.24, 2.45) is 11.8 Å². The third-order valence-corrected chi connectivity index (χ3v) is 4.30. The number of nitrogens with one attached hydrogen (secondary N) is 2. The second-order valence-electron chi connectivity index (χ2n) is 8.06. The van der Waals surface area contributed by atoms with Crippen molar-refractivity contribution in [3.63, 3.8) is 0 Å². The molecule has 0 saturated carbocycles. The van der Waals surface area contributed by atoms with E-state index in [-0.39, 0.29) is 30.1 Å². The maximum absolute atomic E-state index is 12.3. The summed E-state index contributed by atoms with van der Waals surface area (Å²) in [7, 11) is 1.64. The average Bonchev–Trinajstić information content (AvgIpc) is 2.51. The summed E-state index contributed by atoms with van der Waals surface area (Å²) >= 11 is 0. The van der Waals surface area contributed by atoms with Gasteiger partial charge in [-0.1, -0.05) is 34.6 Å². The third-order valence-electron chi connectivity index (χ3n) is 4.30. The van der Waals surface area contributed by atoms with E-state index in [1.54, 1.807) is 7.05 Å². The van der Waals surface area contributed by atoms with Crippen LogP contribution < -0.4 is 10.6 Å². The van der Waals surface area contributed by atoms with Gasteiger partial charge in [-0.05, 0) is 45.1 Å². The second-order valence-corrected chi connectivity index (χ2v) is 8.06. The normalized spacial score (nSPS) is 13.6. The molecule has 0 bridgehead atoms. The number of nitrogens with zero attached hydrogens (tertiary/aromatic N) is 1. The molecule has 0 aliphatic rings. The Morgan fingerprint density at radius 1 is 1.00 bits per heavy atom. The number of carbonyl (C=O) groups is 3. The van der Waals surface area contributed by atoms with Crippen LogP contribution in [0.4, 0.5) is 0 Å². The summed E-state index contributed by atoms with van der Waals surface area (Å²) in [6, 6.07) is -0.0254. The molecule has 0 aromatic heterocycles. The first-order chi connectivity index (χ1) is 12.0. The lowest BCUT2D eigenvalue weighted by Crippen LogP contribution is -2.46. The Hall–Kier alpha value is -1.43. The zero-order valence-corrected chi connectivity index (χ0v) is 17.7. The average molecular weight is 370 g/mol. The minimum atomic E-state index is -0.474. The van der Waals surface area contributed by atoms with Crippen LogP contribution in [0.3, 0.4) is 0 Å². The second kappa shape index (κ2) is 12.8. The summed E-state index contributed by atoms with van der Waals surface area (Å²) in [5.41, 5.74) is 0. The molecule has 0 heterocycles. The highest BCUT2D eigenvalue weighted by molar-refractivity contribution is 5.90. The molecule has 26 heavy (non-hydrogen) atoms. The Bertz CT molecular complexity index is 450. The molecular weight excluding hydrogens is 330 g/mol. The molecule has 152 valence electrons. The van der Waals surface area contributed by atoms with E-state index >= 15 is 0 Å². The van der Waals surface area contributed by atoms with E-state index in [0.29, 0.717) is 18.4 Å². The van der Waals surface area contributed by atoms with E-state index in [2.05, 4.69) is 38.3 Å². The van der Waals surface area contributed by atoms with Crippen LogP contribution in [0.25, 0.3) is 0 Å². The molecule has 2 N–H and O–H groups in total. The molecule has 0 rings (SSSR count). The summed E-state index contributed by atoms with van der Waals surface area (Å²) in [5.74, 6) is -0.0308. The minimum Gasteiger partial charge on any atom is -0.345 e. The Morgan fingerprint density at radius 2 is 1.62 bits per heavy atom. The van der Waals surface area contributed by atoms with E-state index in [9.17, 15) is 14.4 Å². The van der Waals surface area contributed by atoms with Gasteiger partial charge in [0.25, 0.3) is 0 Å². The van der Waals surface area contributed by atoms with E-state index in [1.165, 1.54) is 11.8 Å². The molecule has 0 aromatic rings. The van der Waals surface area contributed by atoms with Crippen LogP contribution in [-0.4, -0.2) is 54.7 Å². The van der Waals surface area contributed by atoms with Gasteiger partial charge in [0.1, 0.15) is 0 Å². The molecule has 0 aliphatic heterocycles. The van der Waals surface area contributed by atoms with Gasteiger partial charge in [0, 0.05) is 19.0 Å². The smallest absolute Gasteiger partial charge is 0.240 e. The highest BCUT2D eigenvalue weighted by atomic mass is 16.2. The standard InChI is InChI=1S/C20H39N3O3/c1-14(2)12-16(5)20(26)23(7)13-19(25)22-18(17(6)24)10-8-9-11-21-15(3)4/h14-16,18,21H,8-13H2,1-7H3,(H,22,25)/t16-,18+/m1/s1. The SMILES string of the molecule is CC(=O)[C@H](CCCCNC(C)C)NC(=O)CN(C)C(=O)[C@H](C)CC(C)C. The summed E-state index contributed by atoms with van der Waals surface area (Å²) in [4.78, 5) is 37.8. The van der Waals surface area contributed by atoms with Gasteiger partial charge < -0.3 is 15.5 Å². The van der Waals surface area contributed by atoms with Gasteiger partial charge in [0.15, 0.2) is 5.78 Å². The van der Waals surface area contributed by atoms with Crippen molar-refractivity contribution in [2.75, 3.05) is 20.1 Å². The Balaban J connectivity index is 4.36. The van der Waals surface area contributed by atoms with Crippen LogP contribution in [0.2, 0.25) is 0 Å². The van der Waals surface area contributed by atoms with Crippen molar-refractivity contribution in [1.29, 1.82) is 0 Å². The predicted octanol–water partition coefficient (Wildman–Crippen LogP) is 2.37. The Labute approximate surface area is 159 Å². The lowest BCUT2D eigenvalue weighted by Gasteiger charge is -2.23. The molecular formula is C20H39N3O3. The van der Waals surface area contributed by atoms with Crippen LogP contribution in [0.5, 0.6) is 0 Å². The predicted molar refractivity (Wildman–Crippen MR) is 106 cm³/mol. The fourth-order valence-electron chi connectivity index (χ4n) is 2.96. The van der Waals surface area contributed by atoms with Crippen molar-refractivity contribution in [3.8, 4) is 0 Å². The molecule has 0 radical (unpaired) electrons. The maximum atomic E-state index is 12.3. The van der Waals surface area contributed by atoms with Gasteiger partial charge in [-0.2, -0.15) is 0 Å². The van der Waals surface area contributed by atoms with Gasteiger partial charge in [-0.25, -0.2) is 0 Å². The quantitative estimate of drug-likeness (QED) is 0.489. The first-order valence-corrected chi connectivity index (χ1v) is 9.82. The van der Waals surface area contributed by atoms with Crippen LogP contribution in [-0.2, 0) is 14.4 Å². The number of ketones is 1. The number of carbonyl (C=O) groups excluding carboxylic acids is 3. The molecule has 0 aliphatic carbocycles. The van der Waals surface area contributed by atoms with Gasteiger partial charge in [-0.15, -0.1) is 0 Å². The first kappa shape index (κ1) is 24.6. The number of likely N-dealkylation sites (N-methyl/N-ethyl adjacent to an activating group) is 1. The minimum absolute atomic E-state index is 0.0139. The summed E-state index contributed by atoms with van der Waals surface area (Å²) in [5, 5.41) is 6.11. The number of unbranched alkanes of at least 4 members (excludes halogenated alkanes) is 1. The molecule has 2 atom stereocenters. The summed E-state index contributed by atoms with van der Waals surface area (Å²) in [6.07, 6.45) is 3.25. The van der Waals surface area contributed by atoms with E-state index in [0.717, 1.165) is 25.8 Å². The monoisotopic (exact) mass is 369 g/mol. The third kappa shape index (κ3) is 11.2. The van der Waals surface area contributed by atoms with Crippen molar-refractivity contribution in [3.05, 3.63) is 0 Å². The van der Waals surface area contributed by atoms with Crippen molar-refractivity contribution < 1.29 is 14.4 Å². The van der Waals surface area contributed by atoms with Crippen LogP contribution >= 0.6 is 0 Å². The molecule has 0 fully saturated rings. The number of Topliss-reactive ketones (excluding diaryl/α,β-unsaturated/α-hetero) is 1. The summed E-state index contributed by atoms with van der Waals surface area (Å²) < 4.78 is 0. The fourth-order valence-corrected chi connectivity index (χ4v) is 2.96. The topological polar surface area (TPSA) is 78.5 Å². The van der Waals surface area contributed by atoms with Crippen LogP contribution in [0.1, 0.15) is 67.2 Å². The van der Waals surface area contributed by atoms with Crippen molar-refractivity contribution in [2.45, 2.75) is 79.3 Å². The lowest BCUT2D eigenvalue weighted by molar-refractivity contribution is -0.138. The molecule has 2 amide bonds. The number of rotatable bonds is 13. The Morgan fingerprint density at radius 3 is 2.12 bits per heavy atom. The van der Waals surface area contributed by atoms with Crippen molar-refractivity contribution >= 4 is 17.6 Å². The van der Waals surface area contributed by atoms with E-state index < -0.39 is 6.04 Å². The number of hydrogen-bond acceptors (Lipinski definition) is 4. The molecule has 0 aromatic carbocycles. The lowest BCUT2D eigenvalue weighted by atomic mass is 9.98. The van der Waals surface area contributed by atoms with Crippen LogP contribution in [0.15, 0.2) is 0 Å². The molecule has 6 nitrogen and oxygen atoms in total. The highest BCUT2D eigenvalue weighted by Gasteiger charge is 2.22. The summed E-state index contributed by atoms with van der Waals surface area (Å²) in [6.45, 7) is 12.6. The number of hydrogen-bond donors (Lipinski definition) is 2. The highest BCUT2D eigenvalue weighted by Crippen LogP contribution is 2.13. The zero-order chi connectivity index (χ0) is 20.3. The molecule has 0 unspecified atom stereocenters. The van der Waals surface area contributed by atoms with Gasteiger partial charge in [0.05, 0.1) is 12.6 Å². The van der Waals surface area contributed by atoms with Crippen LogP contribution in [0, 0.1) is 11.8 Å². The van der Waals surface area contributed by atoms with Gasteiger partial charge in [-0.3, -0.25) is 14.4 Å².